The fraction of sp³-hybridized carbons (Fsp3) is 0.425. The summed E-state index contributed by atoms with van der Waals surface area (Å²) in [7, 11) is 0. The fourth-order valence-corrected chi connectivity index (χ4v) is 7.26. The molecular weight excluding hydrogens is 721 g/mol. The third-order valence-corrected chi connectivity index (χ3v) is 10.9. The third kappa shape index (κ3) is 9.08. The molecule has 5 rings (SSSR count). The number of benzene rings is 2. The minimum absolute atomic E-state index is 0.0482. The molecule has 0 radical (unpaired) electrons. The van der Waals surface area contributed by atoms with Gasteiger partial charge in [0.2, 0.25) is 17.7 Å². The summed E-state index contributed by atoms with van der Waals surface area (Å²) >= 11 is 5.81. The number of hydrogen-bond donors (Lipinski definition) is 5. The lowest BCUT2D eigenvalue weighted by Gasteiger charge is -2.40. The summed E-state index contributed by atoms with van der Waals surface area (Å²) in [6, 6.07) is 11.7. The monoisotopic (exact) mass is 766 g/mol. The Bertz CT molecular complexity index is 1990. The number of aromatic amines is 1. The highest BCUT2D eigenvalue weighted by atomic mass is 32.1. The van der Waals surface area contributed by atoms with Crippen LogP contribution < -0.4 is 21.3 Å². The van der Waals surface area contributed by atoms with Crippen molar-refractivity contribution in [2.75, 3.05) is 0 Å². The highest BCUT2D eigenvalue weighted by molar-refractivity contribution is 7.80. The van der Waals surface area contributed by atoms with Crippen LogP contribution in [0.4, 0.5) is 17.6 Å². The molecule has 2 aromatic heterocycles. The number of thiocarbonyl (C=S) groups is 1. The Balaban J connectivity index is 1.49. The van der Waals surface area contributed by atoms with E-state index in [1.807, 2.05) is 32.9 Å². The number of para-hydroxylation sites is 1. The van der Waals surface area contributed by atoms with E-state index >= 15 is 0 Å². The average molecular weight is 767 g/mol. The number of amides is 3. The maximum absolute atomic E-state index is 14.8. The lowest BCUT2D eigenvalue weighted by Crippen LogP contribution is -2.67. The van der Waals surface area contributed by atoms with E-state index in [2.05, 4.69) is 31.2 Å². The van der Waals surface area contributed by atoms with Crippen molar-refractivity contribution in [1.29, 1.82) is 0 Å². The first-order chi connectivity index (χ1) is 25.7. The van der Waals surface area contributed by atoms with Crippen LogP contribution in [0.3, 0.4) is 0 Å². The van der Waals surface area contributed by atoms with Crippen molar-refractivity contribution in [1.82, 2.24) is 31.2 Å². The number of aryl methyl sites for hydroxylation is 1. The van der Waals surface area contributed by atoms with Crippen LogP contribution >= 0.6 is 12.2 Å². The number of carbonyl (C=O) groups excluding carboxylic acids is 3. The molecule has 288 valence electrons. The molecule has 14 heteroatoms. The van der Waals surface area contributed by atoms with Crippen molar-refractivity contribution in [3.8, 4) is 0 Å². The number of nitrogens with one attached hydrogen (secondary N) is 5. The molecule has 0 fully saturated rings. The second-order valence-electron chi connectivity index (χ2n) is 14.2. The Morgan fingerprint density at radius 2 is 1.63 bits per heavy atom. The number of hydrogen-bond acceptors (Lipinski definition) is 5. The maximum atomic E-state index is 14.8. The molecule has 2 heterocycles. The third-order valence-electron chi connectivity index (χ3n) is 10.5. The van der Waals surface area contributed by atoms with Crippen LogP contribution in [0.5, 0.6) is 0 Å². The van der Waals surface area contributed by atoms with Crippen LogP contribution in [-0.2, 0) is 46.4 Å². The van der Waals surface area contributed by atoms with E-state index in [1.165, 1.54) is 24.3 Å². The number of nitrogens with zero attached hydrogens (tertiary/aromatic N) is 1. The van der Waals surface area contributed by atoms with Crippen LogP contribution in [0.1, 0.15) is 74.9 Å². The smallest absolute Gasteiger partial charge is 0.374 e. The normalized spacial score (nSPS) is 17.8. The number of fused-ring (bicyclic) bond motifs is 3. The molecule has 0 spiro atoms. The first kappa shape index (κ1) is 40.3. The standard InChI is InChI=1S/C40H46F4N6O3S/c1-5-23(3)33(48-32(51)20-26-10-7-8-13-30(26)41)36(52)50-39(17-14-31-28(21-39)27-11-9-12-29(35(27)47-31)40(42,43)44)38(53)49-34(24(4)6-2)37(54)46-22-25-15-18-45-19-16-25/h7-13,15-16,18-19,23-24,33-34,47H,5-6,14,17,20-22H2,1-4H3,(H,46,54)(H,48,51)(H,49,53)(H,50,52)/t23?,24?,33-,34-,39+/m0/s1. The average Bonchev–Trinajstić information content (AvgIpc) is 3.52. The van der Waals surface area contributed by atoms with E-state index < -0.39 is 58.8 Å². The number of carbonyl (C=O) groups is 3. The van der Waals surface area contributed by atoms with E-state index in [9.17, 15) is 31.9 Å². The van der Waals surface area contributed by atoms with Crippen LogP contribution in [-0.4, -0.2) is 50.3 Å². The Labute approximate surface area is 317 Å². The topological polar surface area (TPSA) is 128 Å². The number of H-pyrrole nitrogens is 1. The Morgan fingerprint density at radius 3 is 2.30 bits per heavy atom. The molecule has 0 bridgehead atoms. The molecule has 5 atom stereocenters. The van der Waals surface area contributed by atoms with Crippen molar-refractivity contribution >= 4 is 45.8 Å². The Hall–Kier alpha value is -4.85. The van der Waals surface area contributed by atoms with E-state index in [0.29, 0.717) is 41.0 Å². The number of pyridine rings is 1. The molecule has 1 aliphatic carbocycles. The molecule has 2 aromatic carbocycles. The van der Waals surface area contributed by atoms with E-state index in [-0.39, 0.29) is 42.7 Å². The van der Waals surface area contributed by atoms with Gasteiger partial charge in [-0.1, -0.05) is 83.1 Å². The highest BCUT2D eigenvalue weighted by Gasteiger charge is 2.47. The molecule has 4 aromatic rings. The Kier molecular flexibility index (Phi) is 12.8. The zero-order valence-electron chi connectivity index (χ0n) is 30.7. The van der Waals surface area contributed by atoms with Crippen LogP contribution in [0, 0.1) is 17.7 Å². The zero-order valence-corrected chi connectivity index (χ0v) is 31.5. The molecule has 1 aliphatic rings. The number of aromatic nitrogens is 2. The van der Waals surface area contributed by atoms with E-state index in [4.69, 9.17) is 12.2 Å². The predicted molar refractivity (Wildman–Crippen MR) is 203 cm³/mol. The quantitative estimate of drug-likeness (QED) is 0.0739. The van der Waals surface area contributed by atoms with Gasteiger partial charge in [0, 0.05) is 36.4 Å². The van der Waals surface area contributed by atoms with Gasteiger partial charge in [-0.05, 0) is 65.6 Å². The molecule has 2 unspecified atom stereocenters. The summed E-state index contributed by atoms with van der Waals surface area (Å²) < 4.78 is 56.6. The summed E-state index contributed by atoms with van der Waals surface area (Å²) in [6.07, 6.45) is -0.391. The van der Waals surface area contributed by atoms with Gasteiger partial charge < -0.3 is 26.3 Å². The van der Waals surface area contributed by atoms with Crippen LogP contribution in [0.25, 0.3) is 10.9 Å². The van der Waals surface area contributed by atoms with E-state index in [1.54, 1.807) is 31.5 Å². The zero-order chi connectivity index (χ0) is 39.2. The minimum atomic E-state index is -4.62. The highest BCUT2D eigenvalue weighted by Crippen LogP contribution is 2.40. The van der Waals surface area contributed by atoms with Crippen molar-refractivity contribution in [3.63, 3.8) is 0 Å². The van der Waals surface area contributed by atoms with Gasteiger partial charge in [-0.15, -0.1) is 0 Å². The van der Waals surface area contributed by atoms with E-state index in [0.717, 1.165) is 11.6 Å². The van der Waals surface area contributed by atoms with Crippen LogP contribution in [0.15, 0.2) is 67.0 Å². The van der Waals surface area contributed by atoms with Crippen LogP contribution in [0.2, 0.25) is 0 Å². The summed E-state index contributed by atoms with van der Waals surface area (Å²) in [4.78, 5) is 49.8. The first-order valence-corrected chi connectivity index (χ1v) is 18.6. The molecular formula is C40H46F4N6O3S. The number of rotatable bonds is 14. The lowest BCUT2D eigenvalue weighted by atomic mass is 9.78. The second kappa shape index (κ2) is 17.1. The van der Waals surface area contributed by atoms with Gasteiger partial charge in [0.1, 0.15) is 17.4 Å². The molecule has 0 aliphatic heterocycles. The number of halogens is 4. The molecule has 0 saturated heterocycles. The van der Waals surface area contributed by atoms with Gasteiger partial charge in [-0.2, -0.15) is 13.2 Å². The van der Waals surface area contributed by atoms with Gasteiger partial charge in [-0.3, -0.25) is 19.4 Å². The largest absolute Gasteiger partial charge is 0.418 e. The SMILES string of the molecule is CCC(C)[C@H](NC(=O)Cc1ccccc1F)C(=O)N[C@]1(C(=O)N[C@H](C(=S)NCc2ccncc2)C(C)CC)CCc2[nH]c3c(C(F)(F)F)cccc3c2C1. The maximum Gasteiger partial charge on any atom is 0.418 e. The summed E-state index contributed by atoms with van der Waals surface area (Å²) in [5, 5.41) is 12.4. The van der Waals surface area contributed by atoms with Crippen molar-refractivity contribution < 1.29 is 31.9 Å². The second-order valence-corrected chi connectivity index (χ2v) is 14.6. The molecule has 0 saturated carbocycles. The first-order valence-electron chi connectivity index (χ1n) is 18.2. The van der Waals surface area contributed by atoms with Crippen molar-refractivity contribution in [2.45, 2.75) is 96.6 Å². The van der Waals surface area contributed by atoms with Crippen molar-refractivity contribution in [3.05, 3.63) is 101 Å². The molecule has 5 N–H and O–H groups in total. The summed E-state index contributed by atoms with van der Waals surface area (Å²) in [5.41, 5.74) is -0.433. The van der Waals surface area contributed by atoms with Crippen molar-refractivity contribution in [2.24, 2.45) is 11.8 Å². The minimum Gasteiger partial charge on any atom is -0.374 e. The Morgan fingerprint density at radius 1 is 0.944 bits per heavy atom. The van der Waals surface area contributed by atoms with Gasteiger partial charge in [0.15, 0.2) is 0 Å². The van der Waals surface area contributed by atoms with Gasteiger partial charge >= 0.3 is 6.18 Å². The summed E-state index contributed by atoms with van der Waals surface area (Å²) in [5.74, 6) is -2.85. The van der Waals surface area contributed by atoms with Gasteiger partial charge in [0.25, 0.3) is 0 Å². The van der Waals surface area contributed by atoms with Gasteiger partial charge in [-0.25, -0.2) is 4.39 Å². The summed E-state index contributed by atoms with van der Waals surface area (Å²) in [6.45, 7) is 7.92. The predicted octanol–water partition coefficient (Wildman–Crippen LogP) is 6.49. The molecule has 3 amide bonds. The molecule has 9 nitrogen and oxygen atoms in total. The fourth-order valence-electron chi connectivity index (χ4n) is 6.90. The van der Waals surface area contributed by atoms with Gasteiger partial charge in [0.05, 0.1) is 28.5 Å². The number of alkyl halides is 3. The lowest BCUT2D eigenvalue weighted by molar-refractivity contribution is -0.137. The molecule has 54 heavy (non-hydrogen) atoms.